The molecule has 0 aromatic heterocycles. The first-order valence-corrected chi connectivity index (χ1v) is 6.82. The molecule has 0 aliphatic rings. The monoisotopic (exact) mass is 263 g/mol. The summed E-state index contributed by atoms with van der Waals surface area (Å²) < 4.78 is 0. The minimum atomic E-state index is -0.327. The van der Waals surface area contributed by atoms with Gasteiger partial charge in [0, 0.05) is 6.54 Å². The number of hydrogen-bond donors (Lipinski definition) is 2. The van der Waals surface area contributed by atoms with Crippen LogP contribution in [-0.2, 0) is 11.3 Å². The highest BCUT2D eigenvalue weighted by atomic mass is 16.3. The Balaban J connectivity index is 2.72. The normalized spacial score (nSPS) is 12.6. The molecule has 3 heteroatoms. The number of carbonyl (C=O) groups is 1. The third-order valence-corrected chi connectivity index (χ3v) is 3.96. The van der Waals surface area contributed by atoms with Gasteiger partial charge in [0.05, 0.1) is 12.5 Å². The van der Waals surface area contributed by atoms with Crippen molar-refractivity contribution in [2.75, 3.05) is 6.61 Å². The summed E-state index contributed by atoms with van der Waals surface area (Å²) in [5.74, 6) is -0.257. The van der Waals surface area contributed by atoms with E-state index in [1.165, 1.54) is 16.7 Å². The average molecular weight is 263 g/mol. The smallest absolute Gasteiger partial charge is 0.225 e. The Morgan fingerprint density at radius 2 is 1.84 bits per heavy atom. The Morgan fingerprint density at radius 1 is 1.21 bits per heavy atom. The van der Waals surface area contributed by atoms with Gasteiger partial charge in [0.1, 0.15) is 0 Å². The molecule has 0 radical (unpaired) electrons. The summed E-state index contributed by atoms with van der Waals surface area (Å²) in [5, 5.41) is 12.2. The van der Waals surface area contributed by atoms with E-state index in [4.69, 9.17) is 0 Å². The maximum Gasteiger partial charge on any atom is 0.225 e. The van der Waals surface area contributed by atoms with E-state index >= 15 is 0 Å². The fourth-order valence-electron chi connectivity index (χ4n) is 2.11. The van der Waals surface area contributed by atoms with Crippen molar-refractivity contribution in [1.82, 2.24) is 5.32 Å². The third kappa shape index (κ3) is 3.80. The molecule has 1 amide bonds. The average Bonchev–Trinajstić information content (AvgIpc) is 2.35. The number of aliphatic hydroxyl groups excluding tert-OH is 1. The summed E-state index contributed by atoms with van der Waals surface area (Å²) in [6.07, 6.45) is 0. The van der Waals surface area contributed by atoms with Crippen LogP contribution in [0.1, 0.15) is 36.1 Å². The van der Waals surface area contributed by atoms with Gasteiger partial charge in [-0.3, -0.25) is 4.79 Å². The lowest BCUT2D eigenvalue weighted by molar-refractivity contribution is -0.127. The molecule has 1 rings (SSSR count). The van der Waals surface area contributed by atoms with Gasteiger partial charge in [0.2, 0.25) is 5.91 Å². The van der Waals surface area contributed by atoms with Crippen molar-refractivity contribution < 1.29 is 9.90 Å². The van der Waals surface area contributed by atoms with Crippen LogP contribution >= 0.6 is 0 Å². The number of nitrogens with one attached hydrogen (secondary N) is 1. The quantitative estimate of drug-likeness (QED) is 0.857. The van der Waals surface area contributed by atoms with Crippen molar-refractivity contribution in [1.29, 1.82) is 0 Å². The summed E-state index contributed by atoms with van der Waals surface area (Å²) in [7, 11) is 0. The van der Waals surface area contributed by atoms with Crippen LogP contribution in [0.5, 0.6) is 0 Å². The molecule has 2 N–H and O–H groups in total. The van der Waals surface area contributed by atoms with Gasteiger partial charge >= 0.3 is 0 Å². The van der Waals surface area contributed by atoms with Crippen LogP contribution in [0, 0.1) is 32.6 Å². The minimum Gasteiger partial charge on any atom is -0.396 e. The number of benzene rings is 1. The van der Waals surface area contributed by atoms with Crippen molar-refractivity contribution in [3.05, 3.63) is 34.4 Å². The van der Waals surface area contributed by atoms with E-state index in [9.17, 15) is 9.90 Å². The van der Waals surface area contributed by atoms with Crippen molar-refractivity contribution in [2.24, 2.45) is 11.8 Å². The molecule has 1 aromatic carbocycles. The zero-order chi connectivity index (χ0) is 14.6. The van der Waals surface area contributed by atoms with Crippen LogP contribution in [0.4, 0.5) is 0 Å². The molecule has 0 heterocycles. The molecule has 1 atom stereocenters. The van der Waals surface area contributed by atoms with Gasteiger partial charge in [-0.2, -0.15) is 0 Å². The SMILES string of the molecule is Cc1ccc(CNC(=O)C(CO)C(C)C)c(C)c1C. The van der Waals surface area contributed by atoms with E-state index in [1.54, 1.807) is 0 Å². The van der Waals surface area contributed by atoms with Crippen LogP contribution in [-0.4, -0.2) is 17.6 Å². The number of aryl methyl sites for hydroxylation is 1. The summed E-state index contributed by atoms with van der Waals surface area (Å²) in [6, 6.07) is 4.14. The minimum absolute atomic E-state index is 0.0740. The molecule has 19 heavy (non-hydrogen) atoms. The molecular formula is C16H25NO2. The summed E-state index contributed by atoms with van der Waals surface area (Å²) in [5.41, 5.74) is 4.90. The van der Waals surface area contributed by atoms with Gasteiger partial charge in [-0.15, -0.1) is 0 Å². The first-order valence-electron chi connectivity index (χ1n) is 6.82. The van der Waals surface area contributed by atoms with Crippen molar-refractivity contribution in [2.45, 2.75) is 41.2 Å². The Labute approximate surface area is 116 Å². The predicted molar refractivity (Wildman–Crippen MR) is 77.9 cm³/mol. The van der Waals surface area contributed by atoms with Crippen LogP contribution in [0.3, 0.4) is 0 Å². The second-order valence-electron chi connectivity index (χ2n) is 5.54. The number of aliphatic hydroxyl groups is 1. The summed E-state index contributed by atoms with van der Waals surface area (Å²) in [4.78, 5) is 12.0. The van der Waals surface area contributed by atoms with Gasteiger partial charge in [-0.25, -0.2) is 0 Å². The van der Waals surface area contributed by atoms with Gasteiger partial charge in [-0.05, 0) is 48.9 Å². The van der Waals surface area contributed by atoms with E-state index in [-0.39, 0.29) is 24.3 Å². The first-order chi connectivity index (χ1) is 8.88. The second-order valence-corrected chi connectivity index (χ2v) is 5.54. The van der Waals surface area contributed by atoms with Gasteiger partial charge < -0.3 is 10.4 Å². The van der Waals surface area contributed by atoms with Crippen molar-refractivity contribution >= 4 is 5.91 Å². The number of carbonyl (C=O) groups excluding carboxylic acids is 1. The molecule has 1 aromatic rings. The van der Waals surface area contributed by atoms with Crippen LogP contribution in [0.15, 0.2) is 12.1 Å². The van der Waals surface area contributed by atoms with Gasteiger partial charge in [-0.1, -0.05) is 26.0 Å². The lowest BCUT2D eigenvalue weighted by Crippen LogP contribution is -2.35. The fourth-order valence-corrected chi connectivity index (χ4v) is 2.11. The van der Waals surface area contributed by atoms with E-state index in [0.717, 1.165) is 5.56 Å². The zero-order valence-corrected chi connectivity index (χ0v) is 12.6. The number of hydrogen-bond acceptors (Lipinski definition) is 2. The standard InChI is InChI=1S/C16H25NO2/c1-10(2)15(9-18)16(19)17-8-14-7-6-11(3)12(4)13(14)5/h6-7,10,15,18H,8-9H2,1-5H3,(H,17,19). The summed E-state index contributed by atoms with van der Waals surface area (Å²) in [6.45, 7) is 10.6. The molecule has 1 unspecified atom stereocenters. The van der Waals surface area contributed by atoms with Crippen LogP contribution in [0.2, 0.25) is 0 Å². The Hall–Kier alpha value is -1.35. The zero-order valence-electron chi connectivity index (χ0n) is 12.6. The Kier molecular flexibility index (Phi) is 5.55. The highest BCUT2D eigenvalue weighted by molar-refractivity contribution is 5.79. The van der Waals surface area contributed by atoms with E-state index in [1.807, 2.05) is 13.8 Å². The molecule has 0 saturated carbocycles. The molecule has 3 nitrogen and oxygen atoms in total. The highest BCUT2D eigenvalue weighted by Gasteiger charge is 2.20. The van der Waals surface area contributed by atoms with E-state index in [0.29, 0.717) is 6.54 Å². The first kappa shape index (κ1) is 15.7. The maximum absolute atomic E-state index is 12.0. The molecule has 106 valence electrons. The maximum atomic E-state index is 12.0. The van der Waals surface area contributed by atoms with Crippen LogP contribution in [0.25, 0.3) is 0 Å². The topological polar surface area (TPSA) is 49.3 Å². The molecule has 0 spiro atoms. The molecule has 0 fully saturated rings. The van der Waals surface area contributed by atoms with Crippen molar-refractivity contribution in [3.63, 3.8) is 0 Å². The fraction of sp³-hybridized carbons (Fsp3) is 0.562. The highest BCUT2D eigenvalue weighted by Crippen LogP contribution is 2.17. The Morgan fingerprint density at radius 3 is 2.37 bits per heavy atom. The van der Waals surface area contributed by atoms with E-state index < -0.39 is 0 Å². The lowest BCUT2D eigenvalue weighted by Gasteiger charge is -2.18. The molecule has 0 bridgehead atoms. The predicted octanol–water partition coefficient (Wildman–Crippen LogP) is 2.49. The molecule has 0 saturated heterocycles. The summed E-state index contributed by atoms with van der Waals surface area (Å²) >= 11 is 0. The van der Waals surface area contributed by atoms with Gasteiger partial charge in [0.25, 0.3) is 0 Å². The second kappa shape index (κ2) is 6.71. The molecular weight excluding hydrogens is 238 g/mol. The lowest BCUT2D eigenvalue weighted by atomic mass is 9.95. The third-order valence-electron chi connectivity index (χ3n) is 3.96. The van der Waals surface area contributed by atoms with Crippen molar-refractivity contribution in [3.8, 4) is 0 Å². The molecule has 0 aliphatic carbocycles. The number of amides is 1. The largest absolute Gasteiger partial charge is 0.396 e. The van der Waals surface area contributed by atoms with Gasteiger partial charge in [0.15, 0.2) is 0 Å². The molecule has 0 aliphatic heterocycles. The van der Waals surface area contributed by atoms with Crippen LogP contribution < -0.4 is 5.32 Å². The van der Waals surface area contributed by atoms with E-state index in [2.05, 4.69) is 38.2 Å². The number of rotatable bonds is 5. The Bertz CT molecular complexity index is 452.